The van der Waals surface area contributed by atoms with E-state index in [1.165, 1.54) is 5.56 Å². The van der Waals surface area contributed by atoms with Crippen molar-refractivity contribution >= 4 is 31.9 Å². The van der Waals surface area contributed by atoms with E-state index in [1.54, 1.807) is 0 Å². The second-order valence-corrected chi connectivity index (χ2v) is 6.62. The molecule has 21 heavy (non-hydrogen) atoms. The molecule has 112 valence electrons. The maximum atomic E-state index is 4.55. The number of aryl methyl sites for hydroxylation is 1. The van der Waals surface area contributed by atoms with Crippen molar-refractivity contribution in [2.45, 2.75) is 32.7 Å². The van der Waals surface area contributed by atoms with E-state index in [9.17, 15) is 0 Å². The molecule has 2 aromatic rings. The van der Waals surface area contributed by atoms with Crippen LogP contribution in [0, 0.1) is 0 Å². The number of hydrogen-bond acceptors (Lipinski definition) is 3. The Balaban J connectivity index is 2.21. The lowest BCUT2D eigenvalue weighted by atomic mass is 10.1. The van der Waals surface area contributed by atoms with Gasteiger partial charge in [0, 0.05) is 33.5 Å². The molecule has 0 aromatic carbocycles. The van der Waals surface area contributed by atoms with Gasteiger partial charge in [0.1, 0.15) is 0 Å². The van der Waals surface area contributed by atoms with Crippen LogP contribution in [0.15, 0.2) is 39.5 Å². The first-order valence-corrected chi connectivity index (χ1v) is 8.70. The van der Waals surface area contributed by atoms with Crippen LogP contribution >= 0.6 is 31.9 Å². The fourth-order valence-electron chi connectivity index (χ4n) is 2.19. The number of hydrogen-bond donors (Lipinski definition) is 1. The van der Waals surface area contributed by atoms with Crippen LogP contribution in [0.25, 0.3) is 0 Å². The molecule has 0 fully saturated rings. The van der Waals surface area contributed by atoms with E-state index in [2.05, 4.69) is 73.1 Å². The van der Waals surface area contributed by atoms with Gasteiger partial charge in [-0.1, -0.05) is 19.9 Å². The average molecular weight is 413 g/mol. The average Bonchev–Trinajstić information content (AvgIpc) is 2.48. The first-order chi connectivity index (χ1) is 10.1. The molecule has 0 radical (unpaired) electrons. The molecular formula is C16H19Br2N3. The third-order valence-corrected chi connectivity index (χ3v) is 4.39. The molecular weight excluding hydrogens is 394 g/mol. The van der Waals surface area contributed by atoms with Gasteiger partial charge in [0.05, 0.1) is 11.7 Å². The molecule has 1 atom stereocenters. The van der Waals surface area contributed by atoms with Crippen LogP contribution in [0.4, 0.5) is 0 Å². The van der Waals surface area contributed by atoms with Crippen molar-refractivity contribution in [3.63, 3.8) is 0 Å². The van der Waals surface area contributed by atoms with Gasteiger partial charge in [-0.15, -0.1) is 0 Å². The van der Waals surface area contributed by atoms with Crippen molar-refractivity contribution in [3.05, 3.63) is 56.5 Å². The van der Waals surface area contributed by atoms with Gasteiger partial charge in [0.2, 0.25) is 0 Å². The topological polar surface area (TPSA) is 37.8 Å². The summed E-state index contributed by atoms with van der Waals surface area (Å²) in [6, 6.07) is 6.43. The molecule has 0 amide bonds. The van der Waals surface area contributed by atoms with Gasteiger partial charge in [0.15, 0.2) is 0 Å². The fourth-order valence-corrected chi connectivity index (χ4v) is 3.45. The number of halogens is 2. The van der Waals surface area contributed by atoms with E-state index in [-0.39, 0.29) is 6.04 Å². The zero-order valence-corrected chi connectivity index (χ0v) is 15.4. The fraction of sp³-hybridized carbons (Fsp3) is 0.375. The third kappa shape index (κ3) is 4.59. The summed E-state index contributed by atoms with van der Waals surface area (Å²) in [6.07, 6.45) is 5.63. The first kappa shape index (κ1) is 16.6. The van der Waals surface area contributed by atoms with Crippen LogP contribution in [0.5, 0.6) is 0 Å². The van der Waals surface area contributed by atoms with Gasteiger partial charge >= 0.3 is 0 Å². The maximum absolute atomic E-state index is 4.55. The van der Waals surface area contributed by atoms with E-state index < -0.39 is 0 Å². The van der Waals surface area contributed by atoms with Crippen molar-refractivity contribution < 1.29 is 0 Å². The van der Waals surface area contributed by atoms with E-state index in [4.69, 9.17) is 0 Å². The Bertz CT molecular complexity index is 585. The molecule has 1 N–H and O–H groups in total. The molecule has 1 unspecified atom stereocenters. The lowest BCUT2D eigenvalue weighted by Gasteiger charge is -2.18. The molecule has 0 saturated carbocycles. The normalized spacial score (nSPS) is 12.4. The summed E-state index contributed by atoms with van der Waals surface area (Å²) in [6.45, 7) is 5.14. The molecule has 0 aliphatic heterocycles. The molecule has 2 aromatic heterocycles. The van der Waals surface area contributed by atoms with Crippen molar-refractivity contribution in [2.24, 2.45) is 0 Å². The Morgan fingerprint density at radius 3 is 2.52 bits per heavy atom. The highest BCUT2D eigenvalue weighted by molar-refractivity contribution is 9.11. The smallest absolute Gasteiger partial charge is 0.0719 e. The first-order valence-electron chi connectivity index (χ1n) is 7.12. The zero-order valence-electron chi connectivity index (χ0n) is 12.2. The molecule has 0 spiro atoms. The van der Waals surface area contributed by atoms with Gasteiger partial charge in [-0.05, 0) is 62.5 Å². The predicted molar refractivity (Wildman–Crippen MR) is 93.4 cm³/mol. The maximum Gasteiger partial charge on any atom is 0.0719 e. The SMILES string of the molecule is CCNC(Cc1ccc(CC)cn1)c1ncc(Br)cc1Br. The zero-order chi connectivity index (χ0) is 15.2. The quantitative estimate of drug-likeness (QED) is 0.761. The van der Waals surface area contributed by atoms with Crippen LogP contribution in [-0.2, 0) is 12.8 Å². The number of rotatable bonds is 6. The number of nitrogens with zero attached hydrogens (tertiary/aromatic N) is 2. The van der Waals surface area contributed by atoms with E-state index in [1.807, 2.05) is 18.5 Å². The van der Waals surface area contributed by atoms with Gasteiger partial charge in [0.25, 0.3) is 0 Å². The molecule has 0 aliphatic carbocycles. The molecule has 0 aliphatic rings. The monoisotopic (exact) mass is 411 g/mol. The second-order valence-electron chi connectivity index (χ2n) is 4.85. The molecule has 2 heterocycles. The van der Waals surface area contributed by atoms with Crippen LogP contribution in [0.2, 0.25) is 0 Å². The predicted octanol–water partition coefficient (Wildman–Crippen LogP) is 4.46. The summed E-state index contributed by atoms with van der Waals surface area (Å²) in [4.78, 5) is 9.09. The minimum Gasteiger partial charge on any atom is -0.309 e. The second kappa shape index (κ2) is 8.01. The molecule has 0 bridgehead atoms. The number of nitrogens with one attached hydrogen (secondary N) is 1. The van der Waals surface area contributed by atoms with Crippen LogP contribution in [0.1, 0.15) is 36.8 Å². The summed E-state index contributed by atoms with van der Waals surface area (Å²) in [5.74, 6) is 0. The Morgan fingerprint density at radius 2 is 1.95 bits per heavy atom. The molecule has 5 heteroatoms. The molecule has 3 nitrogen and oxygen atoms in total. The minimum absolute atomic E-state index is 0.150. The van der Waals surface area contributed by atoms with Crippen molar-refractivity contribution in [1.29, 1.82) is 0 Å². The summed E-state index contributed by atoms with van der Waals surface area (Å²) < 4.78 is 1.98. The highest BCUT2D eigenvalue weighted by Crippen LogP contribution is 2.26. The van der Waals surface area contributed by atoms with E-state index in [0.717, 1.165) is 39.7 Å². The van der Waals surface area contributed by atoms with Crippen molar-refractivity contribution in [1.82, 2.24) is 15.3 Å². The molecule has 0 saturated heterocycles. The number of pyridine rings is 2. The number of aromatic nitrogens is 2. The van der Waals surface area contributed by atoms with Gasteiger partial charge in [-0.2, -0.15) is 0 Å². The van der Waals surface area contributed by atoms with Gasteiger partial charge < -0.3 is 5.32 Å². The summed E-state index contributed by atoms with van der Waals surface area (Å²) >= 11 is 7.04. The summed E-state index contributed by atoms with van der Waals surface area (Å²) in [5.41, 5.74) is 3.36. The Kier molecular flexibility index (Phi) is 6.33. The largest absolute Gasteiger partial charge is 0.309 e. The van der Waals surface area contributed by atoms with Gasteiger partial charge in [-0.25, -0.2) is 0 Å². The minimum atomic E-state index is 0.150. The summed E-state index contributed by atoms with van der Waals surface area (Å²) in [7, 11) is 0. The van der Waals surface area contributed by atoms with E-state index in [0.29, 0.717) is 0 Å². The summed E-state index contributed by atoms with van der Waals surface area (Å²) in [5, 5.41) is 3.49. The highest BCUT2D eigenvalue weighted by Gasteiger charge is 2.16. The van der Waals surface area contributed by atoms with E-state index >= 15 is 0 Å². The van der Waals surface area contributed by atoms with Crippen LogP contribution < -0.4 is 5.32 Å². The highest BCUT2D eigenvalue weighted by atomic mass is 79.9. The molecule has 2 rings (SSSR count). The Morgan fingerprint density at radius 1 is 1.14 bits per heavy atom. The van der Waals surface area contributed by atoms with Crippen molar-refractivity contribution in [2.75, 3.05) is 6.54 Å². The van der Waals surface area contributed by atoms with Crippen LogP contribution in [0.3, 0.4) is 0 Å². The lowest BCUT2D eigenvalue weighted by Crippen LogP contribution is -2.24. The Hall–Kier alpha value is -0.780. The third-order valence-electron chi connectivity index (χ3n) is 3.32. The van der Waals surface area contributed by atoms with Gasteiger partial charge in [-0.3, -0.25) is 9.97 Å². The van der Waals surface area contributed by atoms with Crippen LogP contribution in [-0.4, -0.2) is 16.5 Å². The lowest BCUT2D eigenvalue weighted by molar-refractivity contribution is 0.529. The standard InChI is InChI=1S/C16H19Br2N3/c1-3-11-5-6-13(20-9-11)8-15(19-4-2)16-14(18)7-12(17)10-21-16/h5-7,9-10,15,19H,3-4,8H2,1-2H3. The van der Waals surface area contributed by atoms with Crippen molar-refractivity contribution in [3.8, 4) is 0 Å². The number of likely N-dealkylation sites (N-methyl/N-ethyl adjacent to an activating group) is 1. The Labute approximate surface area is 142 Å².